The van der Waals surface area contributed by atoms with E-state index in [4.69, 9.17) is 4.74 Å². The van der Waals surface area contributed by atoms with Crippen LogP contribution in [0.4, 0.5) is 4.39 Å². The average Bonchev–Trinajstić information content (AvgIpc) is 2.57. The minimum atomic E-state index is -1.43. The number of rotatable bonds is 7. The Labute approximate surface area is 155 Å². The van der Waals surface area contributed by atoms with Gasteiger partial charge in [0.2, 0.25) is 0 Å². The van der Waals surface area contributed by atoms with Crippen LogP contribution < -0.4 is 10.1 Å². The van der Waals surface area contributed by atoms with Gasteiger partial charge in [0.1, 0.15) is 11.6 Å². The zero-order valence-corrected chi connectivity index (χ0v) is 16.3. The van der Waals surface area contributed by atoms with Crippen LogP contribution in [0.2, 0.25) is 0 Å². The number of halogens is 1. The van der Waals surface area contributed by atoms with Gasteiger partial charge in [-0.05, 0) is 49.4 Å². The summed E-state index contributed by atoms with van der Waals surface area (Å²) in [5, 5.41) is 14.0. The zero-order chi connectivity index (χ0) is 19.4. The van der Waals surface area contributed by atoms with E-state index in [2.05, 4.69) is 26.1 Å². The lowest BCUT2D eigenvalue weighted by atomic mass is 9.90. The minimum Gasteiger partial charge on any atom is -0.497 e. The van der Waals surface area contributed by atoms with E-state index < -0.39 is 5.60 Å². The normalized spacial score (nSPS) is 21.2. The number of nitrogens with zero attached hydrogens (tertiary/aromatic N) is 1. The van der Waals surface area contributed by atoms with E-state index in [1.807, 2.05) is 0 Å². The van der Waals surface area contributed by atoms with Crippen LogP contribution in [-0.2, 0) is 11.3 Å². The van der Waals surface area contributed by atoms with Gasteiger partial charge in [-0.3, -0.25) is 4.79 Å². The lowest BCUT2D eigenvalue weighted by molar-refractivity contribution is -0.157. The first-order valence-corrected chi connectivity index (χ1v) is 9.19. The van der Waals surface area contributed by atoms with Gasteiger partial charge in [0, 0.05) is 25.2 Å². The number of nitrogens with one attached hydrogen (secondary N) is 1. The number of benzene rings is 1. The summed E-state index contributed by atoms with van der Waals surface area (Å²) >= 11 is 0. The molecule has 2 rings (SSSR count). The Balaban J connectivity index is 2.00. The molecule has 1 aliphatic rings. The van der Waals surface area contributed by atoms with Gasteiger partial charge in [-0.1, -0.05) is 20.8 Å². The van der Waals surface area contributed by atoms with Crippen LogP contribution >= 0.6 is 0 Å². The number of hydrogen-bond acceptors (Lipinski definition) is 4. The van der Waals surface area contributed by atoms with Crippen molar-refractivity contribution in [2.75, 3.05) is 26.7 Å². The molecule has 1 fully saturated rings. The highest BCUT2D eigenvalue weighted by molar-refractivity contribution is 5.86. The number of piperidine rings is 1. The van der Waals surface area contributed by atoms with Crippen molar-refractivity contribution in [2.45, 2.75) is 52.2 Å². The number of carbonyl (C=O) groups excluding carboxylic acids is 1. The van der Waals surface area contributed by atoms with Crippen molar-refractivity contribution < 1.29 is 19.0 Å². The van der Waals surface area contributed by atoms with E-state index in [1.165, 1.54) is 18.1 Å². The standard InChI is InChI=1S/C20H31FN2O3/c1-19(2,3)9-10-22-14-20(25)8-5-11-23(18(20)24)13-15-12-16(26-4)6-7-17(15)21/h6-7,12,22,25H,5,8-11,13-14H2,1-4H3/t20-/m0/s1. The summed E-state index contributed by atoms with van der Waals surface area (Å²) in [4.78, 5) is 14.3. The first-order valence-electron chi connectivity index (χ1n) is 9.19. The van der Waals surface area contributed by atoms with E-state index in [9.17, 15) is 14.3 Å². The van der Waals surface area contributed by atoms with E-state index in [-0.39, 0.29) is 30.2 Å². The summed E-state index contributed by atoms with van der Waals surface area (Å²) in [5.41, 5.74) is -0.837. The first kappa shape index (κ1) is 20.6. The van der Waals surface area contributed by atoms with E-state index in [0.717, 1.165) is 13.0 Å². The van der Waals surface area contributed by atoms with Crippen molar-refractivity contribution in [1.29, 1.82) is 0 Å². The van der Waals surface area contributed by atoms with Gasteiger partial charge in [0.15, 0.2) is 5.60 Å². The SMILES string of the molecule is COc1ccc(F)c(CN2CCC[C@](O)(CNCCC(C)(C)C)C2=O)c1. The molecule has 1 heterocycles. The van der Waals surface area contributed by atoms with Crippen LogP contribution in [0.5, 0.6) is 5.75 Å². The lowest BCUT2D eigenvalue weighted by Gasteiger charge is -2.38. The maximum absolute atomic E-state index is 14.1. The number of amides is 1. The number of ether oxygens (including phenoxy) is 1. The molecule has 0 radical (unpaired) electrons. The number of methoxy groups -OCH3 is 1. The summed E-state index contributed by atoms with van der Waals surface area (Å²) in [6.45, 7) is 8.06. The van der Waals surface area contributed by atoms with Gasteiger partial charge in [0.05, 0.1) is 7.11 Å². The fraction of sp³-hybridized carbons (Fsp3) is 0.650. The third kappa shape index (κ3) is 5.42. The average molecular weight is 366 g/mol. The monoisotopic (exact) mass is 366 g/mol. The molecule has 146 valence electrons. The number of likely N-dealkylation sites (tertiary alicyclic amines) is 1. The third-order valence-corrected chi connectivity index (χ3v) is 4.79. The van der Waals surface area contributed by atoms with Crippen LogP contribution in [0.25, 0.3) is 0 Å². The highest BCUT2D eigenvalue weighted by Gasteiger charge is 2.41. The summed E-state index contributed by atoms with van der Waals surface area (Å²) in [6, 6.07) is 4.48. The van der Waals surface area contributed by atoms with Crippen LogP contribution in [0.3, 0.4) is 0 Å². The molecular formula is C20H31FN2O3. The van der Waals surface area contributed by atoms with Crippen LogP contribution in [0, 0.1) is 11.2 Å². The largest absolute Gasteiger partial charge is 0.497 e. The highest BCUT2D eigenvalue weighted by atomic mass is 19.1. The molecule has 1 aromatic carbocycles. The summed E-state index contributed by atoms with van der Waals surface area (Å²) in [7, 11) is 1.52. The second kappa shape index (κ2) is 8.35. The summed E-state index contributed by atoms with van der Waals surface area (Å²) in [5.74, 6) is -0.171. The maximum Gasteiger partial charge on any atom is 0.256 e. The molecule has 0 unspecified atom stereocenters. The van der Waals surface area contributed by atoms with E-state index in [1.54, 1.807) is 12.1 Å². The Bertz CT molecular complexity index is 630. The molecular weight excluding hydrogens is 335 g/mol. The van der Waals surface area contributed by atoms with Gasteiger partial charge >= 0.3 is 0 Å². The molecule has 26 heavy (non-hydrogen) atoms. The molecule has 0 spiro atoms. The lowest BCUT2D eigenvalue weighted by Crippen LogP contribution is -2.57. The maximum atomic E-state index is 14.1. The van der Waals surface area contributed by atoms with Crippen molar-refractivity contribution in [1.82, 2.24) is 10.2 Å². The first-order chi connectivity index (χ1) is 12.1. The Kier molecular flexibility index (Phi) is 6.64. The van der Waals surface area contributed by atoms with Crippen LogP contribution in [-0.4, -0.2) is 48.3 Å². The van der Waals surface area contributed by atoms with Crippen molar-refractivity contribution in [3.8, 4) is 5.75 Å². The molecule has 0 saturated carbocycles. The molecule has 6 heteroatoms. The van der Waals surface area contributed by atoms with Crippen molar-refractivity contribution in [2.24, 2.45) is 5.41 Å². The molecule has 0 aliphatic carbocycles. The molecule has 5 nitrogen and oxygen atoms in total. The highest BCUT2D eigenvalue weighted by Crippen LogP contribution is 2.26. The van der Waals surface area contributed by atoms with E-state index in [0.29, 0.717) is 30.7 Å². The van der Waals surface area contributed by atoms with E-state index >= 15 is 0 Å². The Morgan fingerprint density at radius 3 is 2.77 bits per heavy atom. The molecule has 1 saturated heterocycles. The van der Waals surface area contributed by atoms with Gasteiger partial charge < -0.3 is 20.1 Å². The summed E-state index contributed by atoms with van der Waals surface area (Å²) < 4.78 is 19.2. The van der Waals surface area contributed by atoms with Crippen LogP contribution in [0.15, 0.2) is 18.2 Å². The second-order valence-electron chi connectivity index (χ2n) is 8.31. The predicted molar refractivity (Wildman–Crippen MR) is 99.5 cm³/mol. The molecule has 2 N–H and O–H groups in total. The van der Waals surface area contributed by atoms with Gasteiger partial charge in [-0.2, -0.15) is 0 Å². The third-order valence-electron chi connectivity index (χ3n) is 4.79. The molecule has 0 aromatic heterocycles. The van der Waals surface area contributed by atoms with Gasteiger partial charge in [-0.25, -0.2) is 4.39 Å². The Morgan fingerprint density at radius 1 is 1.38 bits per heavy atom. The number of hydrogen-bond donors (Lipinski definition) is 2. The molecule has 0 bridgehead atoms. The number of aliphatic hydroxyl groups is 1. The van der Waals surface area contributed by atoms with Gasteiger partial charge in [-0.15, -0.1) is 0 Å². The van der Waals surface area contributed by atoms with Crippen molar-refractivity contribution in [3.63, 3.8) is 0 Å². The Hall–Kier alpha value is -1.66. The van der Waals surface area contributed by atoms with Crippen LogP contribution in [0.1, 0.15) is 45.6 Å². The fourth-order valence-electron chi connectivity index (χ4n) is 3.14. The molecule has 1 atom stereocenters. The predicted octanol–water partition coefficient (Wildman–Crippen LogP) is 2.71. The quantitative estimate of drug-likeness (QED) is 0.729. The zero-order valence-electron chi connectivity index (χ0n) is 16.3. The molecule has 1 aromatic rings. The Morgan fingerprint density at radius 2 is 2.12 bits per heavy atom. The second-order valence-corrected chi connectivity index (χ2v) is 8.31. The minimum absolute atomic E-state index is 0.131. The number of carbonyl (C=O) groups is 1. The molecule has 1 aliphatic heterocycles. The fourth-order valence-corrected chi connectivity index (χ4v) is 3.14. The van der Waals surface area contributed by atoms with Crippen molar-refractivity contribution in [3.05, 3.63) is 29.6 Å². The topological polar surface area (TPSA) is 61.8 Å². The smallest absolute Gasteiger partial charge is 0.256 e. The summed E-state index contributed by atoms with van der Waals surface area (Å²) in [6.07, 6.45) is 2.07. The molecule has 1 amide bonds. The van der Waals surface area contributed by atoms with Crippen molar-refractivity contribution >= 4 is 5.91 Å². The van der Waals surface area contributed by atoms with Gasteiger partial charge in [0.25, 0.3) is 5.91 Å².